The Hall–Kier alpha value is -5.66. The highest BCUT2D eigenvalue weighted by Crippen LogP contribution is 2.36. The fourth-order valence-corrected chi connectivity index (χ4v) is 10.9. The molecule has 242 valence electrons. The van der Waals surface area contributed by atoms with Gasteiger partial charge in [-0.25, -0.2) is 0 Å². The number of benzene rings is 7. The third kappa shape index (κ3) is 7.33. The van der Waals surface area contributed by atoms with Crippen LogP contribution in [0, 0.1) is 0 Å². The van der Waals surface area contributed by atoms with E-state index in [1.54, 1.807) is 0 Å². The molecule has 2 amide bonds. The van der Waals surface area contributed by atoms with Crippen molar-refractivity contribution in [3.63, 3.8) is 0 Å². The molecule has 50 heavy (non-hydrogen) atoms. The molecule has 0 aliphatic carbocycles. The summed E-state index contributed by atoms with van der Waals surface area (Å²) in [5.74, 6) is -0.475. The fraction of sp³-hybridized carbons (Fsp3) is 0. The Balaban J connectivity index is 1.20. The molecule has 7 rings (SSSR count). The number of rotatable bonds is 10. The Bertz CT molecular complexity index is 1970. The highest BCUT2D eigenvalue weighted by atomic mass is 31.1. The van der Waals surface area contributed by atoms with E-state index in [4.69, 9.17) is 0 Å². The summed E-state index contributed by atoms with van der Waals surface area (Å²) in [6, 6.07) is 64.3. The Morgan fingerprint density at radius 2 is 0.580 bits per heavy atom. The van der Waals surface area contributed by atoms with Crippen LogP contribution in [0.15, 0.2) is 194 Å². The zero-order valence-electron chi connectivity index (χ0n) is 27.2. The lowest BCUT2D eigenvalue weighted by Gasteiger charge is -2.23. The molecule has 0 aliphatic rings. The Labute approximate surface area is 295 Å². The molecule has 6 heteroatoms. The predicted molar refractivity (Wildman–Crippen MR) is 213 cm³/mol. The van der Waals surface area contributed by atoms with Crippen molar-refractivity contribution >= 4 is 70.9 Å². The Kier molecular flexibility index (Phi) is 10.3. The number of hydrogen-bond acceptors (Lipinski definition) is 2. The number of amides is 2. The third-order valence-electron chi connectivity index (χ3n) is 8.26. The summed E-state index contributed by atoms with van der Waals surface area (Å²) in [4.78, 5) is 28.3. The van der Waals surface area contributed by atoms with Gasteiger partial charge in [0.2, 0.25) is 0 Å². The number of carbonyl (C=O) groups excluding carboxylic acids is 2. The average Bonchev–Trinajstić information content (AvgIpc) is 3.18. The molecule has 2 N–H and O–H groups in total. The zero-order valence-corrected chi connectivity index (χ0v) is 29.0. The molecule has 7 aromatic carbocycles. The van der Waals surface area contributed by atoms with E-state index in [0.29, 0.717) is 22.5 Å². The summed E-state index contributed by atoms with van der Waals surface area (Å²) in [5, 5.41) is 12.8. The van der Waals surface area contributed by atoms with E-state index in [0.717, 1.165) is 31.8 Å². The van der Waals surface area contributed by atoms with Crippen molar-refractivity contribution in [3.8, 4) is 0 Å². The van der Waals surface area contributed by atoms with Crippen molar-refractivity contribution in [1.29, 1.82) is 0 Å². The smallest absolute Gasteiger partial charge is 0.256 e. The monoisotopic (exact) mass is 684 g/mol. The maximum absolute atomic E-state index is 14.2. The van der Waals surface area contributed by atoms with Crippen molar-refractivity contribution in [3.05, 3.63) is 205 Å². The first-order chi connectivity index (χ1) is 24.7. The second-order valence-corrected chi connectivity index (χ2v) is 15.9. The largest absolute Gasteiger partial charge is 0.320 e. The van der Waals surface area contributed by atoms with Crippen LogP contribution in [0.4, 0.5) is 11.4 Å². The van der Waals surface area contributed by atoms with Gasteiger partial charge in [0.25, 0.3) is 11.8 Å². The first-order valence-electron chi connectivity index (χ1n) is 16.4. The van der Waals surface area contributed by atoms with Gasteiger partial charge in [-0.3, -0.25) is 9.59 Å². The van der Waals surface area contributed by atoms with Crippen LogP contribution in [0.2, 0.25) is 0 Å². The fourth-order valence-electron chi connectivity index (χ4n) is 5.96. The van der Waals surface area contributed by atoms with Crippen molar-refractivity contribution in [1.82, 2.24) is 0 Å². The van der Waals surface area contributed by atoms with E-state index in [9.17, 15) is 9.59 Å². The van der Waals surface area contributed by atoms with E-state index in [1.165, 1.54) is 0 Å². The minimum absolute atomic E-state index is 0.237. The molecule has 0 spiro atoms. The molecule has 0 saturated heterocycles. The van der Waals surface area contributed by atoms with Crippen molar-refractivity contribution in [2.45, 2.75) is 0 Å². The number of anilines is 2. The predicted octanol–water partition coefficient (Wildman–Crippen LogP) is 7.71. The summed E-state index contributed by atoms with van der Waals surface area (Å²) in [7, 11) is -2.01. The minimum Gasteiger partial charge on any atom is -0.320 e. The molecule has 0 radical (unpaired) electrons. The molecule has 0 heterocycles. The van der Waals surface area contributed by atoms with Gasteiger partial charge >= 0.3 is 0 Å². The van der Waals surface area contributed by atoms with Gasteiger partial charge in [-0.2, -0.15) is 0 Å². The van der Waals surface area contributed by atoms with Gasteiger partial charge in [-0.15, -0.1) is 0 Å². The molecule has 0 aliphatic heterocycles. The van der Waals surface area contributed by atoms with Crippen LogP contribution in [0.5, 0.6) is 0 Å². The SMILES string of the molecule is O=C(Nc1ccccc1NC(=O)c1ccccc1P(c1ccccc1)c1ccccc1)c1ccccc1P(c1ccccc1)c1ccccc1. The maximum atomic E-state index is 14.2. The quantitative estimate of drug-likeness (QED) is 0.145. The first-order valence-corrected chi connectivity index (χ1v) is 19.1. The third-order valence-corrected chi connectivity index (χ3v) is 13.3. The second kappa shape index (κ2) is 15.7. The van der Waals surface area contributed by atoms with Gasteiger partial charge in [0.05, 0.1) is 11.4 Å². The van der Waals surface area contributed by atoms with Crippen LogP contribution < -0.4 is 42.5 Å². The van der Waals surface area contributed by atoms with E-state index < -0.39 is 15.8 Å². The molecular weight excluding hydrogens is 650 g/mol. The topological polar surface area (TPSA) is 58.2 Å². The van der Waals surface area contributed by atoms with Gasteiger partial charge < -0.3 is 10.6 Å². The lowest BCUT2D eigenvalue weighted by Crippen LogP contribution is -2.28. The summed E-state index contributed by atoms with van der Waals surface area (Å²) in [5.41, 5.74) is 2.23. The highest BCUT2D eigenvalue weighted by molar-refractivity contribution is 7.80. The van der Waals surface area contributed by atoms with Crippen molar-refractivity contribution < 1.29 is 9.59 Å². The molecule has 7 aromatic rings. The van der Waals surface area contributed by atoms with E-state index in [1.807, 2.05) is 146 Å². The molecule has 0 aromatic heterocycles. The van der Waals surface area contributed by atoms with Crippen LogP contribution >= 0.6 is 15.8 Å². The van der Waals surface area contributed by atoms with Crippen molar-refractivity contribution in [2.75, 3.05) is 10.6 Å². The van der Waals surface area contributed by atoms with Crippen LogP contribution in [-0.2, 0) is 0 Å². The minimum atomic E-state index is -1.00. The van der Waals surface area contributed by atoms with Crippen molar-refractivity contribution in [2.24, 2.45) is 0 Å². The Morgan fingerprint density at radius 1 is 0.320 bits per heavy atom. The van der Waals surface area contributed by atoms with E-state index in [2.05, 4.69) is 59.2 Å². The zero-order chi connectivity index (χ0) is 34.1. The summed E-state index contributed by atoms with van der Waals surface area (Å²) >= 11 is 0. The van der Waals surface area contributed by atoms with Gasteiger partial charge in [0.15, 0.2) is 0 Å². The van der Waals surface area contributed by atoms with Crippen LogP contribution in [-0.4, -0.2) is 11.8 Å². The second-order valence-electron chi connectivity index (χ2n) is 11.5. The lowest BCUT2D eigenvalue weighted by atomic mass is 10.1. The number of carbonyl (C=O) groups is 2. The molecule has 0 atom stereocenters. The average molecular weight is 685 g/mol. The van der Waals surface area contributed by atoms with Gasteiger partial charge in [-0.05, 0) is 71.9 Å². The number of nitrogens with one attached hydrogen (secondary N) is 2. The number of para-hydroxylation sites is 2. The Morgan fingerprint density at radius 3 is 0.900 bits per heavy atom. The summed E-state index contributed by atoms with van der Waals surface area (Å²) < 4.78 is 0. The normalized spacial score (nSPS) is 10.9. The van der Waals surface area contributed by atoms with Gasteiger partial charge in [0.1, 0.15) is 0 Å². The number of hydrogen-bond donors (Lipinski definition) is 2. The van der Waals surface area contributed by atoms with Gasteiger partial charge in [-0.1, -0.05) is 170 Å². The highest BCUT2D eigenvalue weighted by Gasteiger charge is 2.25. The molecule has 0 unspecified atom stereocenters. The summed E-state index contributed by atoms with van der Waals surface area (Å²) in [6.45, 7) is 0. The molecule has 0 saturated carbocycles. The molecular formula is C44H34N2O2P2. The first kappa shape index (κ1) is 32.9. The molecule has 0 fully saturated rings. The lowest BCUT2D eigenvalue weighted by molar-refractivity contribution is 0.101. The van der Waals surface area contributed by atoms with Crippen LogP contribution in [0.1, 0.15) is 20.7 Å². The van der Waals surface area contributed by atoms with Gasteiger partial charge in [0, 0.05) is 11.1 Å². The summed E-state index contributed by atoms with van der Waals surface area (Å²) in [6.07, 6.45) is 0. The van der Waals surface area contributed by atoms with Crippen LogP contribution in [0.3, 0.4) is 0 Å². The van der Waals surface area contributed by atoms with E-state index in [-0.39, 0.29) is 11.8 Å². The van der Waals surface area contributed by atoms with Crippen LogP contribution in [0.25, 0.3) is 0 Å². The molecule has 0 bridgehead atoms. The van der Waals surface area contributed by atoms with E-state index >= 15 is 0 Å². The molecule has 4 nitrogen and oxygen atoms in total. The maximum Gasteiger partial charge on any atom is 0.256 e. The standard InChI is InChI=1S/C44H34N2O2P2/c47-43(37-27-13-17-31-41(37)49(33-19-5-1-6-20-33)34-21-7-2-8-22-34)45-39-29-15-16-30-40(39)46-44(48)38-28-14-18-32-42(38)50(35-23-9-3-10-24-35)36-25-11-4-12-26-36/h1-32H,(H,45,47)(H,46,48).